The Morgan fingerprint density at radius 1 is 0.774 bits per heavy atom. The molecule has 0 bridgehead atoms. The Balaban J connectivity index is 1.56. The van der Waals surface area contributed by atoms with Crippen molar-refractivity contribution in [3.8, 4) is 0 Å². The van der Waals surface area contributed by atoms with E-state index in [9.17, 15) is 19.2 Å². The quantitative estimate of drug-likeness (QED) is 0.627. The highest BCUT2D eigenvalue weighted by atomic mass is 16.4. The van der Waals surface area contributed by atoms with Crippen molar-refractivity contribution in [1.29, 1.82) is 0 Å². The fraction of sp³-hybridized carbons (Fsp3) is 0.0833. The molecule has 0 aliphatic carbocycles. The summed E-state index contributed by atoms with van der Waals surface area (Å²) in [5.41, 5.74) is 3.53. The average Bonchev–Trinajstić information content (AvgIpc) is 2.97. The normalized spacial score (nSPS) is 12.6. The number of carboxylic acids is 1. The molecule has 31 heavy (non-hydrogen) atoms. The van der Waals surface area contributed by atoms with Crippen LogP contribution in [0.2, 0.25) is 0 Å². The predicted octanol–water partition coefficient (Wildman–Crippen LogP) is 4.05. The first-order chi connectivity index (χ1) is 14.7. The lowest BCUT2D eigenvalue weighted by Gasteiger charge is -2.14. The molecule has 7 nitrogen and oxygen atoms in total. The maximum atomic E-state index is 12.7. The zero-order chi connectivity index (χ0) is 22.3. The van der Waals surface area contributed by atoms with Crippen molar-refractivity contribution in [2.24, 2.45) is 0 Å². The van der Waals surface area contributed by atoms with Gasteiger partial charge < -0.3 is 10.4 Å². The summed E-state index contributed by atoms with van der Waals surface area (Å²) in [6.07, 6.45) is 0. The molecule has 0 saturated heterocycles. The molecule has 1 heterocycles. The van der Waals surface area contributed by atoms with E-state index in [1.807, 2.05) is 32.0 Å². The van der Waals surface area contributed by atoms with E-state index in [0.29, 0.717) is 16.9 Å². The Morgan fingerprint density at radius 3 is 1.97 bits per heavy atom. The molecule has 0 saturated carbocycles. The van der Waals surface area contributed by atoms with Crippen LogP contribution in [0, 0.1) is 13.8 Å². The molecule has 1 aliphatic heterocycles. The third-order valence-electron chi connectivity index (χ3n) is 5.00. The zero-order valence-corrected chi connectivity index (χ0v) is 16.8. The van der Waals surface area contributed by atoms with Gasteiger partial charge in [-0.15, -0.1) is 0 Å². The lowest BCUT2D eigenvalue weighted by atomic mass is 10.1. The van der Waals surface area contributed by atoms with Crippen LogP contribution < -0.4 is 10.2 Å². The number of anilines is 2. The van der Waals surface area contributed by atoms with Crippen LogP contribution in [0.25, 0.3) is 0 Å². The minimum absolute atomic E-state index is 0.0431. The summed E-state index contributed by atoms with van der Waals surface area (Å²) in [7, 11) is 0. The summed E-state index contributed by atoms with van der Waals surface area (Å²) in [5, 5.41) is 12.0. The van der Waals surface area contributed by atoms with Gasteiger partial charge in [0.05, 0.1) is 22.4 Å². The highest BCUT2D eigenvalue weighted by Gasteiger charge is 2.37. The van der Waals surface area contributed by atoms with Crippen LogP contribution in [0.5, 0.6) is 0 Å². The zero-order valence-electron chi connectivity index (χ0n) is 16.8. The Labute approximate surface area is 177 Å². The second kappa shape index (κ2) is 7.53. The van der Waals surface area contributed by atoms with Gasteiger partial charge in [-0.2, -0.15) is 0 Å². The molecule has 0 radical (unpaired) electrons. The minimum atomic E-state index is -1.18. The van der Waals surface area contributed by atoms with Crippen molar-refractivity contribution in [3.63, 3.8) is 0 Å². The van der Waals surface area contributed by atoms with Crippen LogP contribution in [-0.4, -0.2) is 28.8 Å². The lowest BCUT2D eigenvalue weighted by molar-refractivity contribution is 0.0696. The number of aromatic carboxylic acids is 1. The van der Waals surface area contributed by atoms with Crippen molar-refractivity contribution in [2.75, 3.05) is 10.2 Å². The van der Waals surface area contributed by atoms with Crippen molar-refractivity contribution >= 4 is 35.1 Å². The summed E-state index contributed by atoms with van der Waals surface area (Å²) < 4.78 is 0. The fourth-order valence-corrected chi connectivity index (χ4v) is 3.62. The third kappa shape index (κ3) is 3.69. The number of nitrogens with one attached hydrogen (secondary N) is 1. The number of rotatable bonds is 4. The first-order valence-corrected chi connectivity index (χ1v) is 9.50. The third-order valence-corrected chi connectivity index (χ3v) is 5.00. The minimum Gasteiger partial charge on any atom is -0.478 e. The van der Waals surface area contributed by atoms with Crippen molar-refractivity contribution in [3.05, 3.63) is 94.0 Å². The number of fused-ring (bicyclic) bond motifs is 1. The number of hydrogen-bond donors (Lipinski definition) is 2. The highest BCUT2D eigenvalue weighted by Crippen LogP contribution is 2.29. The molecule has 2 N–H and O–H groups in total. The second-order valence-corrected chi connectivity index (χ2v) is 7.39. The van der Waals surface area contributed by atoms with E-state index in [-0.39, 0.29) is 22.6 Å². The molecule has 0 spiro atoms. The van der Waals surface area contributed by atoms with E-state index < -0.39 is 17.8 Å². The number of benzene rings is 3. The molecular formula is C24H18N2O5. The first kappa shape index (κ1) is 20.0. The molecule has 3 aromatic rings. The smallest absolute Gasteiger partial charge is 0.335 e. The van der Waals surface area contributed by atoms with Gasteiger partial charge >= 0.3 is 5.97 Å². The molecule has 4 rings (SSSR count). The van der Waals surface area contributed by atoms with E-state index in [4.69, 9.17) is 5.11 Å². The highest BCUT2D eigenvalue weighted by molar-refractivity contribution is 6.34. The molecule has 1 aliphatic rings. The fourth-order valence-electron chi connectivity index (χ4n) is 3.62. The Hall–Kier alpha value is -4.26. The number of carbonyl (C=O) groups excluding carboxylic acids is 3. The SMILES string of the molecule is Cc1cc(C)cc(NC(=O)c2ccc(N3C(=O)c4ccc(C(=O)O)cc4C3=O)cc2)c1. The van der Waals surface area contributed by atoms with Crippen LogP contribution in [0.1, 0.15) is 52.6 Å². The summed E-state index contributed by atoms with van der Waals surface area (Å²) in [6, 6.07) is 15.6. The Morgan fingerprint density at radius 2 is 1.35 bits per heavy atom. The monoisotopic (exact) mass is 414 g/mol. The van der Waals surface area contributed by atoms with Gasteiger partial charge in [-0.1, -0.05) is 6.07 Å². The van der Waals surface area contributed by atoms with Gasteiger partial charge in [-0.05, 0) is 79.6 Å². The van der Waals surface area contributed by atoms with Gasteiger partial charge in [0.25, 0.3) is 17.7 Å². The van der Waals surface area contributed by atoms with Gasteiger partial charge in [0.1, 0.15) is 0 Å². The standard InChI is InChI=1S/C24H18N2O5/c1-13-9-14(2)11-17(10-13)25-21(27)15-3-6-18(7-4-15)26-22(28)19-8-5-16(24(30)31)12-20(19)23(26)29/h3-12H,1-2H3,(H,25,27)(H,30,31). The Kier molecular flexibility index (Phi) is 4.87. The van der Waals surface area contributed by atoms with Gasteiger partial charge in [-0.3, -0.25) is 14.4 Å². The van der Waals surface area contributed by atoms with Gasteiger partial charge in [-0.25, -0.2) is 9.69 Å². The Bertz CT molecular complexity index is 1240. The summed E-state index contributed by atoms with van der Waals surface area (Å²) in [5.74, 6) is -2.63. The number of hydrogen-bond acceptors (Lipinski definition) is 4. The second-order valence-electron chi connectivity index (χ2n) is 7.39. The van der Waals surface area contributed by atoms with Crippen LogP contribution in [-0.2, 0) is 0 Å². The van der Waals surface area contributed by atoms with Gasteiger partial charge in [0, 0.05) is 11.3 Å². The van der Waals surface area contributed by atoms with E-state index in [0.717, 1.165) is 16.0 Å². The van der Waals surface area contributed by atoms with E-state index >= 15 is 0 Å². The number of carbonyl (C=O) groups is 4. The maximum absolute atomic E-state index is 12.7. The molecule has 0 fully saturated rings. The average molecular weight is 414 g/mol. The largest absolute Gasteiger partial charge is 0.478 e. The maximum Gasteiger partial charge on any atom is 0.335 e. The van der Waals surface area contributed by atoms with E-state index in [1.165, 1.54) is 42.5 Å². The van der Waals surface area contributed by atoms with Crippen LogP contribution in [0.15, 0.2) is 60.7 Å². The van der Waals surface area contributed by atoms with E-state index in [2.05, 4.69) is 5.32 Å². The number of aryl methyl sites for hydroxylation is 2. The number of carboxylic acid groups (broad SMARTS) is 1. The molecule has 0 aromatic heterocycles. The molecule has 0 unspecified atom stereocenters. The number of imide groups is 1. The molecule has 7 heteroatoms. The topological polar surface area (TPSA) is 104 Å². The van der Waals surface area contributed by atoms with Crippen LogP contribution in [0.3, 0.4) is 0 Å². The summed E-state index contributed by atoms with van der Waals surface area (Å²) in [6.45, 7) is 3.89. The molecule has 0 atom stereocenters. The number of amides is 3. The number of nitrogens with zero attached hydrogens (tertiary/aromatic N) is 1. The van der Waals surface area contributed by atoms with Crippen molar-refractivity contribution < 1.29 is 24.3 Å². The lowest BCUT2D eigenvalue weighted by Crippen LogP contribution is -2.29. The van der Waals surface area contributed by atoms with Crippen molar-refractivity contribution in [1.82, 2.24) is 0 Å². The molecular weight excluding hydrogens is 396 g/mol. The first-order valence-electron chi connectivity index (χ1n) is 9.50. The summed E-state index contributed by atoms with van der Waals surface area (Å²) >= 11 is 0. The van der Waals surface area contributed by atoms with E-state index in [1.54, 1.807) is 0 Å². The molecule has 154 valence electrons. The van der Waals surface area contributed by atoms with Crippen molar-refractivity contribution in [2.45, 2.75) is 13.8 Å². The van der Waals surface area contributed by atoms with Crippen LogP contribution in [0.4, 0.5) is 11.4 Å². The van der Waals surface area contributed by atoms with Gasteiger partial charge in [0.2, 0.25) is 0 Å². The molecule has 3 amide bonds. The summed E-state index contributed by atoms with van der Waals surface area (Å²) in [4.78, 5) is 50.1. The van der Waals surface area contributed by atoms with Gasteiger partial charge in [0.15, 0.2) is 0 Å². The van der Waals surface area contributed by atoms with Crippen LogP contribution >= 0.6 is 0 Å². The predicted molar refractivity (Wildman–Crippen MR) is 115 cm³/mol. The molecule has 3 aromatic carbocycles.